The summed E-state index contributed by atoms with van der Waals surface area (Å²) in [4.78, 5) is 4.29. The largest absolute Gasteiger partial charge is 0.573 e. The van der Waals surface area contributed by atoms with Gasteiger partial charge in [0.2, 0.25) is 0 Å². The topological polar surface area (TPSA) is 76.4 Å². The zero-order valence-electron chi connectivity index (χ0n) is 19.9. The van der Waals surface area contributed by atoms with E-state index in [1.165, 1.54) is 40.8 Å². The summed E-state index contributed by atoms with van der Waals surface area (Å²) in [5, 5.41) is 12.2. The van der Waals surface area contributed by atoms with Crippen LogP contribution in [0, 0.1) is 6.92 Å². The molecule has 4 aromatic rings. The van der Waals surface area contributed by atoms with Crippen molar-refractivity contribution in [2.24, 2.45) is 5.10 Å². The van der Waals surface area contributed by atoms with E-state index < -0.39 is 6.36 Å². The van der Waals surface area contributed by atoms with Gasteiger partial charge in [-0.3, -0.25) is 5.43 Å². The van der Waals surface area contributed by atoms with Crippen LogP contribution in [0.3, 0.4) is 0 Å². The minimum absolute atomic E-state index is 0.0362. The molecule has 1 heterocycles. The van der Waals surface area contributed by atoms with Crippen LogP contribution in [0.2, 0.25) is 0 Å². The van der Waals surface area contributed by atoms with Crippen molar-refractivity contribution in [2.45, 2.75) is 26.3 Å². The normalized spacial score (nSPS) is 12.4. The zero-order valence-corrected chi connectivity index (χ0v) is 20.7. The van der Waals surface area contributed by atoms with Crippen molar-refractivity contribution in [2.75, 3.05) is 0 Å². The molecule has 0 amide bonds. The standard InChI is InChI=1S/C26H23F3N6OS/c1-17-5-3-4-6-23(17)18(2)32-25(37)33-31-15-19-7-9-20(10-8-19)24-30-16-35(34-24)21-11-13-22(14-12-21)36-26(27,28)29/h3-16,18H,1-2H3,(H2,32,33,37). The van der Waals surface area contributed by atoms with Crippen molar-refractivity contribution < 1.29 is 17.9 Å². The van der Waals surface area contributed by atoms with Gasteiger partial charge in [0.1, 0.15) is 12.1 Å². The highest BCUT2D eigenvalue weighted by molar-refractivity contribution is 7.80. The number of rotatable bonds is 7. The SMILES string of the molecule is Cc1ccccc1C(C)NC(=S)NN=Cc1ccc(-c2ncn(-c3ccc(OC(F)(F)F)cc3)n2)cc1. The van der Waals surface area contributed by atoms with Crippen LogP contribution < -0.4 is 15.5 Å². The lowest BCUT2D eigenvalue weighted by Gasteiger charge is -2.17. The maximum atomic E-state index is 12.3. The summed E-state index contributed by atoms with van der Waals surface area (Å²) < 4.78 is 42.4. The predicted octanol–water partition coefficient (Wildman–Crippen LogP) is 5.70. The van der Waals surface area contributed by atoms with E-state index in [1.54, 1.807) is 6.21 Å². The van der Waals surface area contributed by atoms with Gasteiger partial charge in [0.05, 0.1) is 17.9 Å². The Morgan fingerprint density at radius 1 is 1.05 bits per heavy atom. The van der Waals surface area contributed by atoms with Gasteiger partial charge in [-0.15, -0.1) is 18.3 Å². The smallest absolute Gasteiger partial charge is 0.406 e. The van der Waals surface area contributed by atoms with E-state index in [0.29, 0.717) is 16.6 Å². The lowest BCUT2D eigenvalue weighted by Crippen LogP contribution is -2.34. The Morgan fingerprint density at radius 2 is 1.76 bits per heavy atom. The van der Waals surface area contributed by atoms with Crippen molar-refractivity contribution in [3.8, 4) is 22.8 Å². The molecular formula is C26H23F3N6OS. The second-order valence-electron chi connectivity index (χ2n) is 8.10. The number of thiocarbonyl (C=S) groups is 1. The van der Waals surface area contributed by atoms with Gasteiger partial charge in [0.15, 0.2) is 10.9 Å². The molecule has 0 saturated carbocycles. The van der Waals surface area contributed by atoms with Crippen LogP contribution in [0.4, 0.5) is 13.2 Å². The average Bonchev–Trinajstić information content (AvgIpc) is 3.34. The third-order valence-corrected chi connectivity index (χ3v) is 5.59. The molecule has 190 valence electrons. The summed E-state index contributed by atoms with van der Waals surface area (Å²) in [7, 11) is 0. The van der Waals surface area contributed by atoms with Gasteiger partial charge in [0.25, 0.3) is 0 Å². The maximum absolute atomic E-state index is 12.3. The van der Waals surface area contributed by atoms with Gasteiger partial charge in [-0.2, -0.15) is 5.10 Å². The number of halogens is 3. The number of alkyl halides is 3. The molecule has 0 bridgehead atoms. The van der Waals surface area contributed by atoms with Crippen LogP contribution in [-0.4, -0.2) is 32.5 Å². The molecule has 0 aliphatic carbocycles. The Labute approximate surface area is 217 Å². The van der Waals surface area contributed by atoms with Crippen molar-refractivity contribution >= 4 is 23.5 Å². The van der Waals surface area contributed by atoms with Gasteiger partial charge in [0, 0.05) is 5.56 Å². The van der Waals surface area contributed by atoms with Crippen LogP contribution in [0.15, 0.2) is 84.2 Å². The molecule has 3 aromatic carbocycles. The number of benzene rings is 3. The molecule has 0 aliphatic heterocycles. The van der Waals surface area contributed by atoms with Crippen LogP contribution in [0.25, 0.3) is 17.1 Å². The zero-order chi connectivity index (χ0) is 26.4. The van der Waals surface area contributed by atoms with Crippen molar-refractivity contribution in [1.29, 1.82) is 0 Å². The molecule has 11 heteroatoms. The Bertz CT molecular complexity index is 1380. The minimum atomic E-state index is -4.74. The Morgan fingerprint density at radius 3 is 2.43 bits per heavy atom. The molecule has 0 radical (unpaired) electrons. The molecule has 2 N–H and O–H groups in total. The molecule has 0 spiro atoms. The first kappa shape index (κ1) is 25.8. The van der Waals surface area contributed by atoms with E-state index in [4.69, 9.17) is 12.2 Å². The highest BCUT2D eigenvalue weighted by atomic mass is 32.1. The van der Waals surface area contributed by atoms with E-state index >= 15 is 0 Å². The molecule has 0 saturated heterocycles. The first-order chi connectivity index (χ1) is 17.7. The van der Waals surface area contributed by atoms with E-state index in [-0.39, 0.29) is 11.8 Å². The first-order valence-corrected chi connectivity index (χ1v) is 11.6. The van der Waals surface area contributed by atoms with Gasteiger partial charge >= 0.3 is 6.36 Å². The number of nitrogens with zero attached hydrogens (tertiary/aromatic N) is 4. The van der Waals surface area contributed by atoms with E-state index in [1.807, 2.05) is 43.3 Å². The number of hydrogen-bond acceptors (Lipinski definition) is 5. The molecular weight excluding hydrogens is 501 g/mol. The van der Waals surface area contributed by atoms with E-state index in [2.05, 4.69) is 49.7 Å². The Kier molecular flexibility index (Phi) is 7.83. The fourth-order valence-electron chi connectivity index (χ4n) is 3.58. The van der Waals surface area contributed by atoms with Gasteiger partial charge in [-0.05, 0) is 67.0 Å². The summed E-state index contributed by atoms with van der Waals surface area (Å²) >= 11 is 5.33. The summed E-state index contributed by atoms with van der Waals surface area (Å²) in [5.41, 5.74) is 7.32. The van der Waals surface area contributed by atoms with Crippen molar-refractivity contribution in [3.63, 3.8) is 0 Å². The number of aromatic nitrogens is 3. The fraction of sp³-hybridized carbons (Fsp3) is 0.154. The molecule has 1 unspecified atom stereocenters. The molecule has 1 aromatic heterocycles. The molecule has 37 heavy (non-hydrogen) atoms. The van der Waals surface area contributed by atoms with Crippen molar-refractivity contribution in [1.82, 2.24) is 25.5 Å². The molecule has 1 atom stereocenters. The van der Waals surface area contributed by atoms with Gasteiger partial charge < -0.3 is 10.1 Å². The monoisotopic (exact) mass is 524 g/mol. The molecule has 4 rings (SSSR count). The summed E-state index contributed by atoms with van der Waals surface area (Å²) in [6.45, 7) is 4.09. The molecule has 0 aliphatic rings. The number of ether oxygens (including phenoxy) is 1. The van der Waals surface area contributed by atoms with E-state index in [0.717, 1.165) is 16.7 Å². The Balaban J connectivity index is 1.33. The second-order valence-corrected chi connectivity index (χ2v) is 8.51. The highest BCUT2D eigenvalue weighted by Gasteiger charge is 2.31. The summed E-state index contributed by atoms with van der Waals surface area (Å²) in [5.74, 6) is 0.161. The lowest BCUT2D eigenvalue weighted by molar-refractivity contribution is -0.274. The fourth-order valence-corrected chi connectivity index (χ4v) is 3.81. The van der Waals surface area contributed by atoms with Crippen LogP contribution >= 0.6 is 12.2 Å². The average molecular weight is 525 g/mol. The van der Waals surface area contributed by atoms with Crippen LogP contribution in [0.5, 0.6) is 5.75 Å². The van der Waals surface area contributed by atoms with Crippen LogP contribution in [-0.2, 0) is 0 Å². The number of hydrogen-bond donors (Lipinski definition) is 2. The number of hydrazone groups is 1. The molecule has 0 fully saturated rings. The predicted molar refractivity (Wildman–Crippen MR) is 140 cm³/mol. The second kappa shape index (κ2) is 11.2. The first-order valence-electron chi connectivity index (χ1n) is 11.2. The highest BCUT2D eigenvalue weighted by Crippen LogP contribution is 2.24. The minimum Gasteiger partial charge on any atom is -0.406 e. The third kappa shape index (κ3) is 7.14. The Hall–Kier alpha value is -4.25. The lowest BCUT2D eigenvalue weighted by atomic mass is 10.0. The van der Waals surface area contributed by atoms with Gasteiger partial charge in [-0.25, -0.2) is 9.67 Å². The van der Waals surface area contributed by atoms with Crippen molar-refractivity contribution in [3.05, 3.63) is 95.8 Å². The van der Waals surface area contributed by atoms with Gasteiger partial charge in [-0.1, -0.05) is 48.5 Å². The quantitative estimate of drug-likeness (QED) is 0.184. The number of aryl methyl sites for hydroxylation is 1. The summed E-state index contributed by atoms with van der Waals surface area (Å²) in [6.07, 6.45) is -1.61. The maximum Gasteiger partial charge on any atom is 0.573 e. The number of nitrogens with one attached hydrogen (secondary N) is 2. The third-order valence-electron chi connectivity index (χ3n) is 5.38. The van der Waals surface area contributed by atoms with E-state index in [9.17, 15) is 13.2 Å². The molecule has 7 nitrogen and oxygen atoms in total. The summed E-state index contributed by atoms with van der Waals surface area (Å²) in [6, 6.07) is 20.9. The van der Waals surface area contributed by atoms with Crippen LogP contribution in [0.1, 0.15) is 29.7 Å².